The van der Waals surface area contributed by atoms with Gasteiger partial charge in [-0.1, -0.05) is 19.3 Å². The molecule has 3 saturated heterocycles. The maximum absolute atomic E-state index is 6.06. The molecular weight excluding hydrogens is 236 g/mol. The van der Waals surface area contributed by atoms with Crippen LogP contribution >= 0.6 is 0 Å². The van der Waals surface area contributed by atoms with E-state index in [4.69, 9.17) is 4.74 Å². The minimum absolute atomic E-state index is 0.565. The molecule has 4 unspecified atom stereocenters. The third-order valence-electron chi connectivity index (χ3n) is 6.00. The summed E-state index contributed by atoms with van der Waals surface area (Å²) in [6.45, 7) is 3.71. The maximum atomic E-state index is 6.06. The molecule has 0 amide bonds. The molecule has 0 aromatic rings. The molecule has 3 nitrogen and oxygen atoms in total. The molecule has 2 bridgehead atoms. The minimum Gasteiger partial charge on any atom is -0.373 e. The molecule has 3 heterocycles. The first-order valence-electron chi connectivity index (χ1n) is 8.53. The zero-order valence-corrected chi connectivity index (χ0v) is 12.0. The number of hydrogen-bond donors (Lipinski definition) is 1. The van der Waals surface area contributed by atoms with Crippen molar-refractivity contribution >= 4 is 0 Å². The van der Waals surface area contributed by atoms with Crippen molar-refractivity contribution in [2.45, 2.75) is 75.7 Å². The van der Waals surface area contributed by atoms with Crippen molar-refractivity contribution in [1.29, 1.82) is 0 Å². The van der Waals surface area contributed by atoms with Gasteiger partial charge in [-0.15, -0.1) is 0 Å². The lowest BCUT2D eigenvalue weighted by Crippen LogP contribution is -2.58. The molecule has 108 valence electrons. The number of rotatable bonds is 2. The van der Waals surface area contributed by atoms with Gasteiger partial charge in [-0.05, 0) is 38.0 Å². The molecule has 0 spiro atoms. The highest BCUT2D eigenvalue weighted by Gasteiger charge is 2.44. The first kappa shape index (κ1) is 12.6. The van der Waals surface area contributed by atoms with Crippen LogP contribution in [0.4, 0.5) is 0 Å². The van der Waals surface area contributed by atoms with Crippen LogP contribution in [0, 0.1) is 5.92 Å². The van der Waals surface area contributed by atoms with Gasteiger partial charge >= 0.3 is 0 Å². The third kappa shape index (κ3) is 2.45. The van der Waals surface area contributed by atoms with E-state index >= 15 is 0 Å². The SMILES string of the molecule is C1CCC(C2CN(C3CC4CCC3O4)CCN2)CC1. The van der Waals surface area contributed by atoms with Crippen molar-refractivity contribution in [1.82, 2.24) is 10.2 Å². The quantitative estimate of drug-likeness (QED) is 0.827. The molecule has 0 aromatic heterocycles. The first-order chi connectivity index (χ1) is 9.40. The zero-order chi connectivity index (χ0) is 12.7. The van der Waals surface area contributed by atoms with Crippen molar-refractivity contribution in [2.75, 3.05) is 19.6 Å². The van der Waals surface area contributed by atoms with Gasteiger partial charge in [0, 0.05) is 31.7 Å². The Morgan fingerprint density at radius 3 is 2.63 bits per heavy atom. The molecule has 1 saturated carbocycles. The smallest absolute Gasteiger partial charge is 0.0735 e. The van der Waals surface area contributed by atoms with Gasteiger partial charge in [-0.25, -0.2) is 0 Å². The van der Waals surface area contributed by atoms with Crippen molar-refractivity contribution in [2.24, 2.45) is 5.92 Å². The van der Waals surface area contributed by atoms with E-state index in [0.29, 0.717) is 12.2 Å². The summed E-state index contributed by atoms with van der Waals surface area (Å²) < 4.78 is 6.06. The van der Waals surface area contributed by atoms with E-state index in [2.05, 4.69) is 10.2 Å². The monoisotopic (exact) mass is 264 g/mol. The predicted molar refractivity (Wildman–Crippen MR) is 76.2 cm³/mol. The van der Waals surface area contributed by atoms with Gasteiger partial charge in [0.05, 0.1) is 12.2 Å². The Morgan fingerprint density at radius 2 is 1.89 bits per heavy atom. The van der Waals surface area contributed by atoms with E-state index in [-0.39, 0.29) is 0 Å². The van der Waals surface area contributed by atoms with Gasteiger partial charge in [-0.3, -0.25) is 4.90 Å². The second-order valence-corrected chi connectivity index (χ2v) is 7.13. The predicted octanol–water partition coefficient (Wildman–Crippen LogP) is 2.16. The molecule has 3 heteroatoms. The molecule has 4 aliphatic rings. The Labute approximate surface area is 117 Å². The summed E-state index contributed by atoms with van der Waals surface area (Å²) in [5.74, 6) is 0.941. The van der Waals surface area contributed by atoms with Gasteiger partial charge in [-0.2, -0.15) is 0 Å². The number of hydrogen-bond acceptors (Lipinski definition) is 3. The molecule has 4 rings (SSSR count). The second kappa shape index (κ2) is 5.34. The molecule has 0 radical (unpaired) electrons. The van der Waals surface area contributed by atoms with Gasteiger partial charge in [0.25, 0.3) is 0 Å². The van der Waals surface area contributed by atoms with Crippen LogP contribution in [0.25, 0.3) is 0 Å². The van der Waals surface area contributed by atoms with Crippen LogP contribution in [0.1, 0.15) is 51.4 Å². The van der Waals surface area contributed by atoms with Crippen LogP contribution in [0.2, 0.25) is 0 Å². The van der Waals surface area contributed by atoms with E-state index in [1.54, 1.807) is 0 Å². The van der Waals surface area contributed by atoms with E-state index in [0.717, 1.165) is 18.0 Å². The van der Waals surface area contributed by atoms with E-state index < -0.39 is 0 Å². The van der Waals surface area contributed by atoms with Gasteiger partial charge < -0.3 is 10.1 Å². The average molecular weight is 264 g/mol. The molecule has 4 fully saturated rings. The normalized spacial score (nSPS) is 44.8. The standard InChI is InChI=1S/C16H28N2O/c1-2-4-12(5-3-1)14-11-18(9-8-17-14)15-10-13-6-7-16(15)19-13/h12-17H,1-11H2. The summed E-state index contributed by atoms with van der Waals surface area (Å²) in [5.41, 5.74) is 0. The van der Waals surface area contributed by atoms with Crippen LogP contribution < -0.4 is 5.32 Å². The first-order valence-corrected chi connectivity index (χ1v) is 8.53. The zero-order valence-electron chi connectivity index (χ0n) is 12.0. The van der Waals surface area contributed by atoms with Crippen LogP contribution in [-0.2, 0) is 4.74 Å². The highest BCUT2D eigenvalue weighted by Crippen LogP contribution is 2.38. The minimum atomic E-state index is 0.565. The lowest BCUT2D eigenvalue weighted by molar-refractivity contribution is 0.0494. The molecule has 1 N–H and O–H groups in total. The fourth-order valence-corrected chi connectivity index (χ4v) is 4.95. The van der Waals surface area contributed by atoms with E-state index in [9.17, 15) is 0 Å². The van der Waals surface area contributed by atoms with Gasteiger partial charge in [0.2, 0.25) is 0 Å². The van der Waals surface area contributed by atoms with Crippen LogP contribution in [-0.4, -0.2) is 48.8 Å². The topological polar surface area (TPSA) is 24.5 Å². The summed E-state index contributed by atoms with van der Waals surface area (Å²) in [7, 11) is 0. The van der Waals surface area contributed by atoms with Crippen molar-refractivity contribution in [3.05, 3.63) is 0 Å². The van der Waals surface area contributed by atoms with Crippen molar-refractivity contribution in [3.63, 3.8) is 0 Å². The summed E-state index contributed by atoms with van der Waals surface area (Å²) in [6, 6.07) is 1.50. The number of fused-ring (bicyclic) bond motifs is 2. The summed E-state index contributed by atoms with van der Waals surface area (Å²) in [4.78, 5) is 2.76. The number of ether oxygens (including phenoxy) is 1. The second-order valence-electron chi connectivity index (χ2n) is 7.13. The Balaban J connectivity index is 1.38. The Kier molecular flexibility index (Phi) is 3.55. The highest BCUT2D eigenvalue weighted by molar-refractivity contribution is 4.98. The molecule has 1 aliphatic carbocycles. The fourth-order valence-electron chi connectivity index (χ4n) is 4.95. The Hall–Kier alpha value is -0.120. The van der Waals surface area contributed by atoms with Crippen LogP contribution in [0.3, 0.4) is 0 Å². The lowest BCUT2D eigenvalue weighted by Gasteiger charge is -2.43. The molecule has 3 aliphatic heterocycles. The number of nitrogens with one attached hydrogen (secondary N) is 1. The number of piperazine rings is 1. The highest BCUT2D eigenvalue weighted by atomic mass is 16.5. The average Bonchev–Trinajstić information content (AvgIpc) is 3.11. The summed E-state index contributed by atoms with van der Waals surface area (Å²) in [6.07, 6.45) is 12.4. The summed E-state index contributed by atoms with van der Waals surface area (Å²) >= 11 is 0. The van der Waals surface area contributed by atoms with Gasteiger partial charge in [0.1, 0.15) is 0 Å². The fraction of sp³-hybridized carbons (Fsp3) is 1.00. The van der Waals surface area contributed by atoms with Crippen LogP contribution in [0.15, 0.2) is 0 Å². The van der Waals surface area contributed by atoms with Gasteiger partial charge in [0.15, 0.2) is 0 Å². The molecule has 0 aromatic carbocycles. The van der Waals surface area contributed by atoms with Crippen LogP contribution in [0.5, 0.6) is 0 Å². The number of nitrogens with zero attached hydrogens (tertiary/aromatic N) is 1. The largest absolute Gasteiger partial charge is 0.373 e. The Morgan fingerprint density at radius 1 is 1.00 bits per heavy atom. The van der Waals surface area contributed by atoms with Crippen molar-refractivity contribution in [3.8, 4) is 0 Å². The maximum Gasteiger partial charge on any atom is 0.0735 e. The van der Waals surface area contributed by atoms with E-state index in [1.807, 2.05) is 0 Å². The molecule has 4 atom stereocenters. The van der Waals surface area contributed by atoms with E-state index in [1.165, 1.54) is 71.0 Å². The summed E-state index contributed by atoms with van der Waals surface area (Å²) in [5, 5.41) is 3.80. The Bertz CT molecular complexity index is 316. The van der Waals surface area contributed by atoms with Crippen molar-refractivity contribution < 1.29 is 4.74 Å². The molecular formula is C16H28N2O. The third-order valence-corrected chi connectivity index (χ3v) is 6.00. The molecule has 19 heavy (non-hydrogen) atoms. The lowest BCUT2D eigenvalue weighted by atomic mass is 9.82.